The Morgan fingerprint density at radius 3 is 2.48 bits per heavy atom. The molecule has 0 spiro atoms. The van der Waals surface area contributed by atoms with Crippen molar-refractivity contribution in [3.8, 4) is 0 Å². The van der Waals surface area contributed by atoms with Crippen LogP contribution in [0.4, 0.5) is 4.79 Å². The molecule has 120 valence electrons. The van der Waals surface area contributed by atoms with Gasteiger partial charge in [0.05, 0.1) is 5.92 Å². The molecule has 2 heterocycles. The maximum absolute atomic E-state index is 12.8. The minimum Gasteiger partial charge on any atom is -0.481 e. The van der Waals surface area contributed by atoms with Crippen LogP contribution < -0.4 is 0 Å². The van der Waals surface area contributed by atoms with Crippen molar-refractivity contribution in [3.05, 3.63) is 0 Å². The van der Waals surface area contributed by atoms with Gasteiger partial charge in [0, 0.05) is 31.7 Å². The van der Waals surface area contributed by atoms with Gasteiger partial charge >= 0.3 is 12.0 Å². The predicted molar refractivity (Wildman–Crippen MR) is 80.2 cm³/mol. The third-order valence-corrected chi connectivity index (χ3v) is 4.94. The van der Waals surface area contributed by atoms with E-state index >= 15 is 0 Å². The van der Waals surface area contributed by atoms with Crippen LogP contribution in [0.1, 0.15) is 33.1 Å². The number of carboxylic acids is 1. The molecule has 2 aliphatic heterocycles. The topological polar surface area (TPSA) is 64.1 Å². The molecule has 21 heavy (non-hydrogen) atoms. The van der Waals surface area contributed by atoms with E-state index in [9.17, 15) is 14.7 Å². The van der Waals surface area contributed by atoms with E-state index in [1.807, 2.05) is 11.8 Å². The number of aliphatic carboxylic acids is 1. The number of amides is 2. The lowest BCUT2D eigenvalue weighted by molar-refractivity contribution is -0.142. The summed E-state index contributed by atoms with van der Waals surface area (Å²) in [6, 6.07) is 0.0305. The van der Waals surface area contributed by atoms with E-state index in [1.54, 1.807) is 4.90 Å². The standard InChI is InChI=1S/C15H27N3O3/c1-4-12-10-16(3)7-5-8-18(12)15(21)17-9-6-13(11(17)2)14(19)20/h11-13H,4-10H2,1-3H3,(H,19,20). The van der Waals surface area contributed by atoms with Gasteiger partial charge in [-0.15, -0.1) is 0 Å². The van der Waals surface area contributed by atoms with Gasteiger partial charge in [-0.25, -0.2) is 4.79 Å². The number of likely N-dealkylation sites (tertiary alicyclic amines) is 1. The van der Waals surface area contributed by atoms with Gasteiger partial charge < -0.3 is 19.8 Å². The number of hydrogen-bond acceptors (Lipinski definition) is 3. The zero-order valence-corrected chi connectivity index (χ0v) is 13.3. The molecular formula is C15H27N3O3. The van der Waals surface area contributed by atoms with Crippen molar-refractivity contribution in [1.82, 2.24) is 14.7 Å². The second-order valence-corrected chi connectivity index (χ2v) is 6.32. The summed E-state index contributed by atoms with van der Waals surface area (Å²) >= 11 is 0. The fourth-order valence-corrected chi connectivity index (χ4v) is 3.55. The Morgan fingerprint density at radius 1 is 1.19 bits per heavy atom. The molecule has 0 aromatic rings. The maximum Gasteiger partial charge on any atom is 0.320 e. The first-order valence-corrected chi connectivity index (χ1v) is 7.94. The van der Waals surface area contributed by atoms with Crippen molar-refractivity contribution in [3.63, 3.8) is 0 Å². The van der Waals surface area contributed by atoms with Crippen LogP contribution in [0.2, 0.25) is 0 Å². The van der Waals surface area contributed by atoms with Crippen molar-refractivity contribution in [2.75, 3.05) is 33.2 Å². The maximum atomic E-state index is 12.8. The number of carbonyl (C=O) groups excluding carboxylic acids is 1. The first kappa shape index (κ1) is 16.1. The molecule has 3 unspecified atom stereocenters. The first-order chi connectivity index (χ1) is 9.95. The van der Waals surface area contributed by atoms with Gasteiger partial charge in [0.15, 0.2) is 0 Å². The van der Waals surface area contributed by atoms with Crippen LogP contribution in [0.5, 0.6) is 0 Å². The molecule has 6 nitrogen and oxygen atoms in total. The van der Waals surface area contributed by atoms with Gasteiger partial charge in [0.25, 0.3) is 0 Å². The molecule has 0 bridgehead atoms. The summed E-state index contributed by atoms with van der Waals surface area (Å²) in [6.07, 6.45) is 2.47. The number of nitrogens with zero attached hydrogens (tertiary/aromatic N) is 3. The molecule has 6 heteroatoms. The summed E-state index contributed by atoms with van der Waals surface area (Å²) < 4.78 is 0. The van der Waals surface area contributed by atoms with E-state index in [0.29, 0.717) is 13.0 Å². The van der Waals surface area contributed by atoms with Crippen molar-refractivity contribution in [1.29, 1.82) is 0 Å². The van der Waals surface area contributed by atoms with Gasteiger partial charge in [-0.2, -0.15) is 0 Å². The Labute approximate surface area is 126 Å². The third kappa shape index (κ3) is 3.31. The Hall–Kier alpha value is -1.30. The van der Waals surface area contributed by atoms with Crippen LogP contribution in [-0.2, 0) is 4.79 Å². The third-order valence-electron chi connectivity index (χ3n) is 4.94. The van der Waals surface area contributed by atoms with E-state index in [4.69, 9.17) is 0 Å². The second kappa shape index (κ2) is 6.64. The van der Waals surface area contributed by atoms with Gasteiger partial charge in [0.1, 0.15) is 0 Å². The van der Waals surface area contributed by atoms with Crippen LogP contribution in [0.25, 0.3) is 0 Å². The quantitative estimate of drug-likeness (QED) is 0.835. The highest BCUT2D eigenvalue weighted by molar-refractivity contribution is 5.78. The minimum absolute atomic E-state index is 0.0217. The molecule has 0 aliphatic carbocycles. The molecule has 0 saturated carbocycles. The largest absolute Gasteiger partial charge is 0.481 e. The van der Waals surface area contributed by atoms with Crippen molar-refractivity contribution >= 4 is 12.0 Å². The lowest BCUT2D eigenvalue weighted by Gasteiger charge is -2.35. The van der Waals surface area contributed by atoms with Gasteiger partial charge in [-0.3, -0.25) is 4.79 Å². The number of carbonyl (C=O) groups is 2. The summed E-state index contributed by atoms with van der Waals surface area (Å²) in [5.41, 5.74) is 0. The molecule has 2 amide bonds. The van der Waals surface area contributed by atoms with E-state index in [0.717, 1.165) is 32.5 Å². The summed E-state index contributed by atoms with van der Waals surface area (Å²) in [5, 5.41) is 9.21. The Balaban J connectivity index is 2.09. The summed E-state index contributed by atoms with van der Waals surface area (Å²) in [4.78, 5) is 30.1. The van der Waals surface area contributed by atoms with Crippen LogP contribution in [0.15, 0.2) is 0 Å². The van der Waals surface area contributed by atoms with E-state index in [1.165, 1.54) is 0 Å². The number of carboxylic acid groups (broad SMARTS) is 1. The number of hydrogen-bond donors (Lipinski definition) is 1. The zero-order valence-electron chi connectivity index (χ0n) is 13.3. The fraction of sp³-hybridized carbons (Fsp3) is 0.867. The molecule has 2 saturated heterocycles. The monoisotopic (exact) mass is 297 g/mol. The van der Waals surface area contributed by atoms with Crippen LogP contribution in [0.3, 0.4) is 0 Å². The van der Waals surface area contributed by atoms with Crippen molar-refractivity contribution in [2.24, 2.45) is 5.92 Å². The molecule has 0 radical (unpaired) electrons. The Kier molecular flexibility index (Phi) is 5.08. The smallest absolute Gasteiger partial charge is 0.320 e. The van der Waals surface area contributed by atoms with Crippen LogP contribution >= 0.6 is 0 Å². The Bertz CT molecular complexity index is 402. The summed E-state index contributed by atoms with van der Waals surface area (Å²) in [6.45, 7) is 7.19. The average Bonchev–Trinajstić information content (AvgIpc) is 2.71. The van der Waals surface area contributed by atoms with Gasteiger partial charge in [-0.05, 0) is 39.8 Å². The number of rotatable bonds is 2. The molecule has 2 aliphatic rings. The van der Waals surface area contributed by atoms with E-state index in [-0.39, 0.29) is 18.1 Å². The van der Waals surface area contributed by atoms with Crippen molar-refractivity contribution < 1.29 is 14.7 Å². The lowest BCUT2D eigenvalue weighted by atomic mass is 10.0. The highest BCUT2D eigenvalue weighted by atomic mass is 16.4. The Morgan fingerprint density at radius 2 is 1.90 bits per heavy atom. The summed E-state index contributed by atoms with van der Waals surface area (Å²) in [7, 11) is 2.09. The molecule has 1 N–H and O–H groups in total. The van der Waals surface area contributed by atoms with E-state index in [2.05, 4.69) is 18.9 Å². The van der Waals surface area contributed by atoms with Gasteiger partial charge in [0.2, 0.25) is 0 Å². The van der Waals surface area contributed by atoms with Crippen LogP contribution in [-0.4, -0.2) is 77.1 Å². The molecule has 2 fully saturated rings. The zero-order chi connectivity index (χ0) is 15.6. The molecule has 2 rings (SSSR count). The fourth-order valence-electron chi connectivity index (χ4n) is 3.55. The molecule has 3 atom stereocenters. The normalized spacial score (nSPS) is 31.3. The number of urea groups is 1. The SMILES string of the molecule is CCC1CN(C)CCCN1C(=O)N1CCC(C(=O)O)C1C. The van der Waals surface area contributed by atoms with Gasteiger partial charge in [-0.1, -0.05) is 6.92 Å². The minimum atomic E-state index is -0.791. The predicted octanol–water partition coefficient (Wildman–Crippen LogP) is 1.32. The van der Waals surface area contributed by atoms with Crippen molar-refractivity contribution in [2.45, 2.75) is 45.2 Å². The van der Waals surface area contributed by atoms with E-state index < -0.39 is 11.9 Å². The molecular weight excluding hydrogens is 270 g/mol. The highest BCUT2D eigenvalue weighted by Crippen LogP contribution is 2.27. The lowest BCUT2D eigenvalue weighted by Crippen LogP contribution is -2.51. The number of likely N-dealkylation sites (N-methyl/N-ethyl adjacent to an activating group) is 1. The molecule has 0 aromatic carbocycles. The highest BCUT2D eigenvalue weighted by Gasteiger charge is 2.41. The average molecular weight is 297 g/mol. The summed E-state index contributed by atoms with van der Waals surface area (Å²) in [5.74, 6) is -1.22. The second-order valence-electron chi connectivity index (χ2n) is 6.32. The molecule has 0 aromatic heterocycles. The first-order valence-electron chi connectivity index (χ1n) is 7.94. The van der Waals surface area contributed by atoms with Crippen LogP contribution in [0, 0.1) is 5.92 Å².